The van der Waals surface area contributed by atoms with Gasteiger partial charge < -0.3 is 10.6 Å². The minimum atomic E-state index is -0.0809. The van der Waals surface area contributed by atoms with Gasteiger partial charge in [-0.25, -0.2) is 0 Å². The molecule has 1 aromatic heterocycles. The molecule has 5 nitrogen and oxygen atoms in total. The van der Waals surface area contributed by atoms with E-state index in [0.717, 1.165) is 5.69 Å². The third-order valence-corrected chi connectivity index (χ3v) is 2.94. The summed E-state index contributed by atoms with van der Waals surface area (Å²) in [6.45, 7) is 8.87. The first-order chi connectivity index (χ1) is 8.25. The SMILES string of the molecule is CNC(C)CNC(=O)c1cc(C(C)(C)C)nn1C. The number of amides is 1. The largest absolute Gasteiger partial charge is 0.349 e. The molecule has 1 rings (SSSR count). The molecular formula is C13H24N4O. The summed E-state index contributed by atoms with van der Waals surface area (Å²) < 4.78 is 1.64. The minimum absolute atomic E-state index is 0.0471. The van der Waals surface area contributed by atoms with Crippen molar-refractivity contribution in [1.82, 2.24) is 20.4 Å². The number of likely N-dealkylation sites (N-methyl/N-ethyl adjacent to an activating group) is 1. The highest BCUT2D eigenvalue weighted by atomic mass is 16.2. The fourth-order valence-corrected chi connectivity index (χ4v) is 1.48. The van der Waals surface area contributed by atoms with Crippen LogP contribution < -0.4 is 10.6 Å². The molecule has 1 amide bonds. The van der Waals surface area contributed by atoms with Crippen molar-refractivity contribution in [3.63, 3.8) is 0 Å². The van der Waals surface area contributed by atoms with Gasteiger partial charge in [-0.3, -0.25) is 9.48 Å². The Labute approximate surface area is 109 Å². The van der Waals surface area contributed by atoms with Crippen LogP contribution in [0, 0.1) is 0 Å². The van der Waals surface area contributed by atoms with E-state index in [4.69, 9.17) is 0 Å². The third-order valence-electron chi connectivity index (χ3n) is 2.94. The predicted molar refractivity (Wildman–Crippen MR) is 72.8 cm³/mol. The number of hydrogen-bond donors (Lipinski definition) is 2. The molecule has 0 aliphatic heterocycles. The van der Waals surface area contributed by atoms with Crippen LogP contribution in [0.25, 0.3) is 0 Å². The summed E-state index contributed by atoms with van der Waals surface area (Å²) in [5.74, 6) is -0.0809. The van der Waals surface area contributed by atoms with E-state index in [1.54, 1.807) is 11.7 Å². The van der Waals surface area contributed by atoms with Crippen LogP contribution in [-0.2, 0) is 12.5 Å². The molecule has 1 heterocycles. The number of carbonyl (C=O) groups excluding carboxylic acids is 1. The Morgan fingerprint density at radius 1 is 1.50 bits per heavy atom. The maximum atomic E-state index is 12.0. The minimum Gasteiger partial charge on any atom is -0.349 e. The van der Waals surface area contributed by atoms with E-state index in [0.29, 0.717) is 12.2 Å². The number of aryl methyl sites for hydroxylation is 1. The molecule has 0 aliphatic carbocycles. The maximum absolute atomic E-state index is 12.0. The quantitative estimate of drug-likeness (QED) is 0.842. The predicted octanol–water partition coefficient (Wildman–Crippen LogP) is 1.06. The van der Waals surface area contributed by atoms with E-state index < -0.39 is 0 Å². The van der Waals surface area contributed by atoms with Gasteiger partial charge in [0.2, 0.25) is 0 Å². The van der Waals surface area contributed by atoms with Crippen molar-refractivity contribution in [1.29, 1.82) is 0 Å². The van der Waals surface area contributed by atoms with Crippen LogP contribution in [-0.4, -0.2) is 35.3 Å². The van der Waals surface area contributed by atoms with Gasteiger partial charge >= 0.3 is 0 Å². The Bertz CT molecular complexity index is 417. The van der Waals surface area contributed by atoms with Crippen LogP contribution in [0.3, 0.4) is 0 Å². The number of carbonyl (C=O) groups is 1. The lowest BCUT2D eigenvalue weighted by atomic mass is 9.92. The molecule has 1 aromatic rings. The number of nitrogens with one attached hydrogen (secondary N) is 2. The maximum Gasteiger partial charge on any atom is 0.269 e. The molecule has 0 fully saturated rings. The van der Waals surface area contributed by atoms with Crippen LogP contribution in [0.5, 0.6) is 0 Å². The van der Waals surface area contributed by atoms with Gasteiger partial charge in [0.25, 0.3) is 5.91 Å². The fraction of sp³-hybridized carbons (Fsp3) is 0.692. The van der Waals surface area contributed by atoms with E-state index in [9.17, 15) is 4.79 Å². The second-order valence-corrected chi connectivity index (χ2v) is 5.69. The van der Waals surface area contributed by atoms with Crippen LogP contribution in [0.15, 0.2) is 6.07 Å². The summed E-state index contributed by atoms with van der Waals surface area (Å²) >= 11 is 0. The zero-order chi connectivity index (χ0) is 13.9. The molecular weight excluding hydrogens is 228 g/mol. The summed E-state index contributed by atoms with van der Waals surface area (Å²) in [7, 11) is 3.67. The third kappa shape index (κ3) is 3.57. The van der Waals surface area contributed by atoms with Gasteiger partial charge in [0.15, 0.2) is 0 Å². The van der Waals surface area contributed by atoms with E-state index in [1.165, 1.54) is 0 Å². The first-order valence-electron chi connectivity index (χ1n) is 6.25. The molecule has 0 bridgehead atoms. The molecule has 0 aromatic carbocycles. The topological polar surface area (TPSA) is 58.9 Å². The highest BCUT2D eigenvalue weighted by Crippen LogP contribution is 2.21. The molecule has 2 N–H and O–H groups in total. The van der Waals surface area contributed by atoms with E-state index in [-0.39, 0.29) is 17.4 Å². The van der Waals surface area contributed by atoms with Gasteiger partial charge in [-0.05, 0) is 20.0 Å². The second kappa shape index (κ2) is 5.52. The Hall–Kier alpha value is -1.36. The molecule has 5 heteroatoms. The summed E-state index contributed by atoms with van der Waals surface area (Å²) in [4.78, 5) is 12.0. The molecule has 1 unspecified atom stereocenters. The van der Waals surface area contributed by atoms with Crippen LogP contribution >= 0.6 is 0 Å². The highest BCUT2D eigenvalue weighted by Gasteiger charge is 2.21. The molecule has 18 heavy (non-hydrogen) atoms. The zero-order valence-electron chi connectivity index (χ0n) is 12.2. The Kier molecular flexibility index (Phi) is 4.51. The molecule has 0 aliphatic rings. The monoisotopic (exact) mass is 252 g/mol. The Balaban J connectivity index is 2.78. The molecule has 0 saturated carbocycles. The van der Waals surface area contributed by atoms with Gasteiger partial charge in [-0.15, -0.1) is 0 Å². The number of hydrogen-bond acceptors (Lipinski definition) is 3. The number of aromatic nitrogens is 2. The standard InChI is InChI=1S/C13H24N4O/c1-9(14-5)8-15-12(18)10-7-11(13(2,3)4)16-17(10)6/h7,9,14H,8H2,1-6H3,(H,15,18). The molecule has 0 spiro atoms. The summed E-state index contributed by atoms with van der Waals surface area (Å²) in [5.41, 5.74) is 1.48. The lowest BCUT2D eigenvalue weighted by Crippen LogP contribution is -2.37. The fourth-order valence-electron chi connectivity index (χ4n) is 1.48. The van der Waals surface area contributed by atoms with Crippen LogP contribution in [0.2, 0.25) is 0 Å². The summed E-state index contributed by atoms with van der Waals surface area (Å²) in [6.07, 6.45) is 0. The van der Waals surface area contributed by atoms with Gasteiger partial charge in [0.05, 0.1) is 5.69 Å². The highest BCUT2D eigenvalue weighted by molar-refractivity contribution is 5.92. The molecule has 0 radical (unpaired) electrons. The van der Waals surface area contributed by atoms with E-state index in [1.807, 2.05) is 20.0 Å². The van der Waals surface area contributed by atoms with Crippen molar-refractivity contribution in [3.05, 3.63) is 17.5 Å². The van der Waals surface area contributed by atoms with Crippen molar-refractivity contribution in [2.45, 2.75) is 39.2 Å². The normalized spacial score (nSPS) is 13.4. The van der Waals surface area contributed by atoms with Crippen LogP contribution in [0.1, 0.15) is 43.9 Å². The first kappa shape index (κ1) is 14.7. The van der Waals surface area contributed by atoms with Gasteiger partial charge in [0.1, 0.15) is 5.69 Å². The summed E-state index contributed by atoms with van der Waals surface area (Å²) in [5, 5.41) is 10.4. The lowest BCUT2D eigenvalue weighted by molar-refractivity contribution is 0.0941. The molecule has 1 atom stereocenters. The zero-order valence-corrected chi connectivity index (χ0v) is 12.2. The van der Waals surface area contributed by atoms with Crippen LogP contribution in [0.4, 0.5) is 0 Å². The molecule has 0 saturated heterocycles. The average molecular weight is 252 g/mol. The Morgan fingerprint density at radius 3 is 2.56 bits per heavy atom. The Morgan fingerprint density at radius 2 is 2.11 bits per heavy atom. The number of rotatable bonds is 4. The van der Waals surface area contributed by atoms with Crippen molar-refractivity contribution in [2.75, 3.05) is 13.6 Å². The summed E-state index contributed by atoms with van der Waals surface area (Å²) in [6, 6.07) is 2.11. The smallest absolute Gasteiger partial charge is 0.269 e. The first-order valence-corrected chi connectivity index (χ1v) is 6.25. The second-order valence-electron chi connectivity index (χ2n) is 5.69. The van der Waals surface area contributed by atoms with E-state index in [2.05, 4.69) is 36.5 Å². The van der Waals surface area contributed by atoms with Crippen molar-refractivity contribution < 1.29 is 4.79 Å². The average Bonchev–Trinajstić information content (AvgIpc) is 2.67. The van der Waals surface area contributed by atoms with Crippen molar-refractivity contribution in [2.24, 2.45) is 7.05 Å². The van der Waals surface area contributed by atoms with Gasteiger partial charge in [-0.1, -0.05) is 20.8 Å². The van der Waals surface area contributed by atoms with Crippen molar-refractivity contribution in [3.8, 4) is 0 Å². The lowest BCUT2D eigenvalue weighted by Gasteiger charge is -2.13. The van der Waals surface area contributed by atoms with E-state index >= 15 is 0 Å². The number of nitrogens with zero attached hydrogens (tertiary/aromatic N) is 2. The van der Waals surface area contributed by atoms with Crippen molar-refractivity contribution >= 4 is 5.91 Å². The molecule has 102 valence electrons. The van der Waals surface area contributed by atoms with Gasteiger partial charge in [-0.2, -0.15) is 5.10 Å². The van der Waals surface area contributed by atoms with Gasteiger partial charge in [0, 0.05) is 25.0 Å².